The summed E-state index contributed by atoms with van der Waals surface area (Å²) in [4.78, 5) is 7.18. The van der Waals surface area contributed by atoms with E-state index in [-0.39, 0.29) is 0 Å². The van der Waals surface area contributed by atoms with Gasteiger partial charge in [0.1, 0.15) is 0 Å². The first-order valence-electron chi connectivity index (χ1n) is 12.6. The monoisotopic (exact) mass is 446 g/mol. The van der Waals surface area contributed by atoms with Gasteiger partial charge in [0.2, 0.25) is 0 Å². The van der Waals surface area contributed by atoms with E-state index in [1.54, 1.807) is 0 Å². The summed E-state index contributed by atoms with van der Waals surface area (Å²) in [7, 11) is 0. The zero-order valence-corrected chi connectivity index (χ0v) is 19.3. The Morgan fingerprint density at radius 1 is 0.514 bits per heavy atom. The van der Waals surface area contributed by atoms with Crippen molar-refractivity contribution in [2.24, 2.45) is 0 Å². The smallest absolute Gasteiger partial charge is 0.0563 e. The van der Waals surface area contributed by atoms with Crippen molar-refractivity contribution in [1.29, 1.82) is 0 Å². The maximum Gasteiger partial charge on any atom is 0.0563 e. The van der Waals surface area contributed by atoms with Crippen molar-refractivity contribution in [1.82, 2.24) is 4.98 Å². The first kappa shape index (κ1) is 18.2. The maximum atomic E-state index is 4.66. The lowest BCUT2D eigenvalue weighted by atomic mass is 9.84. The second-order valence-corrected chi connectivity index (χ2v) is 10.4. The van der Waals surface area contributed by atoms with Crippen molar-refractivity contribution in [2.45, 2.75) is 25.7 Å². The van der Waals surface area contributed by atoms with Crippen LogP contribution in [-0.4, -0.2) is 4.98 Å². The van der Waals surface area contributed by atoms with E-state index in [0.29, 0.717) is 0 Å². The minimum absolute atomic E-state index is 0.949. The van der Waals surface area contributed by atoms with E-state index in [1.807, 2.05) is 0 Å². The van der Waals surface area contributed by atoms with Crippen LogP contribution in [0.25, 0.3) is 22.3 Å². The van der Waals surface area contributed by atoms with Crippen molar-refractivity contribution < 1.29 is 0 Å². The van der Waals surface area contributed by atoms with Gasteiger partial charge >= 0.3 is 0 Å². The molecule has 0 N–H and O–H groups in total. The molecule has 35 heavy (non-hydrogen) atoms. The van der Waals surface area contributed by atoms with Gasteiger partial charge in [0.25, 0.3) is 0 Å². The largest absolute Gasteiger partial charge is 0.309 e. The Balaban J connectivity index is 1.28. The van der Waals surface area contributed by atoms with E-state index in [0.717, 1.165) is 25.7 Å². The third-order valence-electron chi connectivity index (χ3n) is 8.56. The highest BCUT2D eigenvalue weighted by Gasteiger charge is 2.35. The quantitative estimate of drug-likeness (QED) is 0.240. The Bertz CT molecular complexity index is 1760. The highest BCUT2D eigenvalue weighted by molar-refractivity contribution is 5.95. The van der Waals surface area contributed by atoms with Gasteiger partial charge in [-0.1, -0.05) is 48.5 Å². The van der Waals surface area contributed by atoms with E-state index in [2.05, 4.69) is 95.1 Å². The molecule has 0 radical (unpaired) electrons. The summed E-state index contributed by atoms with van der Waals surface area (Å²) in [5.41, 5.74) is 21.2. The van der Waals surface area contributed by atoms with Gasteiger partial charge in [0.15, 0.2) is 0 Å². The molecule has 0 unspecified atom stereocenters. The molecule has 0 saturated heterocycles. The van der Waals surface area contributed by atoms with Crippen molar-refractivity contribution in [3.05, 3.63) is 130 Å². The summed E-state index contributed by atoms with van der Waals surface area (Å²) < 4.78 is 0. The molecule has 3 heterocycles. The summed E-state index contributed by atoms with van der Waals surface area (Å²) in [6.07, 6.45) is 8.13. The van der Waals surface area contributed by atoms with Crippen LogP contribution in [0.3, 0.4) is 0 Å². The van der Waals surface area contributed by atoms with Crippen LogP contribution in [0.5, 0.6) is 0 Å². The average molecular weight is 447 g/mol. The number of benzene rings is 4. The SMILES string of the molecule is c1ccc2c(c1)Cc1cc3c(cc1-2)Cc1ccc2c(c1-3)Cc1cncc3c1N2c1ccccc1C3. The molecular weight excluding hydrogens is 424 g/mol. The standard InChI is InChI=1S/C33H22N2/c1-3-7-26-19(5-1)11-22-15-28-23(14-27(22)26)13-21-9-10-31-29(32(21)28)16-25-18-34-17-24-12-20-6-2-4-8-30(20)35(31)33(24)25/h1-10,14-15,17-18H,11-13,16H2. The summed E-state index contributed by atoms with van der Waals surface area (Å²) in [5.74, 6) is 0. The van der Waals surface area contributed by atoms with Gasteiger partial charge in [0.05, 0.1) is 11.4 Å². The molecule has 0 spiro atoms. The molecule has 2 heteroatoms. The number of pyridine rings is 1. The number of nitrogens with zero attached hydrogens (tertiary/aromatic N) is 2. The van der Waals surface area contributed by atoms with Crippen LogP contribution >= 0.6 is 0 Å². The minimum Gasteiger partial charge on any atom is -0.309 e. The predicted molar refractivity (Wildman–Crippen MR) is 141 cm³/mol. The zero-order chi connectivity index (χ0) is 22.7. The third kappa shape index (κ3) is 2.27. The van der Waals surface area contributed by atoms with Gasteiger partial charge in [0, 0.05) is 30.9 Å². The lowest BCUT2D eigenvalue weighted by Gasteiger charge is -2.39. The fourth-order valence-electron chi connectivity index (χ4n) is 7.11. The van der Waals surface area contributed by atoms with Gasteiger partial charge in [-0.25, -0.2) is 0 Å². The lowest BCUT2D eigenvalue weighted by Crippen LogP contribution is -2.25. The van der Waals surface area contributed by atoms with E-state index < -0.39 is 0 Å². The Morgan fingerprint density at radius 2 is 1.23 bits per heavy atom. The molecule has 0 bridgehead atoms. The molecule has 0 atom stereocenters. The van der Waals surface area contributed by atoms with Crippen molar-refractivity contribution in [2.75, 3.05) is 4.90 Å². The Hall–Kier alpha value is -4.17. The van der Waals surface area contributed by atoms with Crippen molar-refractivity contribution in [3.8, 4) is 22.3 Å². The predicted octanol–water partition coefficient (Wildman–Crippen LogP) is 7.50. The zero-order valence-electron chi connectivity index (χ0n) is 19.3. The van der Waals surface area contributed by atoms with Gasteiger partial charge in [-0.05, 0) is 104 Å². The number of para-hydroxylation sites is 1. The molecule has 4 aliphatic rings. The summed E-state index contributed by atoms with van der Waals surface area (Å²) >= 11 is 0. The first-order valence-corrected chi connectivity index (χ1v) is 12.6. The number of rotatable bonds is 0. The molecule has 1 aromatic heterocycles. The summed E-state index contributed by atoms with van der Waals surface area (Å²) in [6, 6.07) is 27.5. The van der Waals surface area contributed by atoms with Gasteiger partial charge < -0.3 is 4.90 Å². The molecule has 4 aromatic carbocycles. The highest BCUT2D eigenvalue weighted by atomic mass is 15.2. The first-order chi connectivity index (χ1) is 17.3. The van der Waals surface area contributed by atoms with E-state index >= 15 is 0 Å². The second-order valence-electron chi connectivity index (χ2n) is 10.4. The Kier molecular flexibility index (Phi) is 3.27. The Labute approximate surface area is 204 Å². The highest BCUT2D eigenvalue weighted by Crippen LogP contribution is 2.54. The topological polar surface area (TPSA) is 16.1 Å². The van der Waals surface area contributed by atoms with Crippen LogP contribution in [0.1, 0.15) is 44.5 Å². The van der Waals surface area contributed by atoms with Crippen LogP contribution in [-0.2, 0) is 25.7 Å². The fraction of sp³-hybridized carbons (Fsp3) is 0.121. The molecule has 2 aliphatic carbocycles. The molecule has 0 amide bonds. The van der Waals surface area contributed by atoms with Crippen LogP contribution < -0.4 is 4.90 Å². The maximum absolute atomic E-state index is 4.66. The second kappa shape index (κ2) is 6.28. The van der Waals surface area contributed by atoms with Crippen molar-refractivity contribution >= 4 is 17.1 Å². The number of hydrogen-bond donors (Lipinski definition) is 0. The van der Waals surface area contributed by atoms with Crippen LogP contribution in [0.15, 0.2) is 85.2 Å². The van der Waals surface area contributed by atoms with Crippen molar-refractivity contribution in [3.63, 3.8) is 0 Å². The fourth-order valence-corrected chi connectivity index (χ4v) is 7.11. The molecular formula is C33H22N2. The lowest BCUT2D eigenvalue weighted by molar-refractivity contribution is 0.986. The minimum atomic E-state index is 0.949. The molecule has 2 nitrogen and oxygen atoms in total. The average Bonchev–Trinajstić information content (AvgIpc) is 3.44. The molecule has 9 rings (SSSR count). The summed E-state index contributed by atoms with van der Waals surface area (Å²) in [6.45, 7) is 0. The molecule has 2 aliphatic heterocycles. The number of fused-ring (bicyclic) bond motifs is 11. The van der Waals surface area contributed by atoms with Gasteiger partial charge in [-0.15, -0.1) is 0 Å². The normalized spacial score (nSPS) is 14.9. The van der Waals surface area contributed by atoms with Gasteiger partial charge in [-0.2, -0.15) is 0 Å². The molecule has 0 saturated carbocycles. The van der Waals surface area contributed by atoms with E-state index in [4.69, 9.17) is 0 Å². The van der Waals surface area contributed by atoms with E-state index in [9.17, 15) is 0 Å². The summed E-state index contributed by atoms with van der Waals surface area (Å²) in [5, 5.41) is 0. The van der Waals surface area contributed by atoms with Crippen LogP contribution in [0.4, 0.5) is 17.1 Å². The molecule has 164 valence electrons. The molecule has 5 aromatic rings. The third-order valence-corrected chi connectivity index (χ3v) is 8.56. The number of anilines is 3. The number of aromatic nitrogens is 1. The molecule has 0 fully saturated rings. The Morgan fingerprint density at radius 3 is 2.17 bits per heavy atom. The van der Waals surface area contributed by atoms with Gasteiger partial charge in [-0.3, -0.25) is 4.98 Å². The van der Waals surface area contributed by atoms with Crippen LogP contribution in [0.2, 0.25) is 0 Å². The van der Waals surface area contributed by atoms with E-state index in [1.165, 1.54) is 83.8 Å². The number of hydrogen-bond acceptors (Lipinski definition) is 2. The van der Waals surface area contributed by atoms with Crippen LogP contribution in [0, 0.1) is 0 Å².